The number of nitrogens with zero attached hydrogens (tertiary/aromatic N) is 1. The highest BCUT2D eigenvalue weighted by molar-refractivity contribution is 7.96. The summed E-state index contributed by atoms with van der Waals surface area (Å²) in [6.45, 7) is 0.852. The van der Waals surface area contributed by atoms with Crippen LogP contribution in [0.4, 0.5) is 10.1 Å². The number of nitrogens with one attached hydrogen (secondary N) is 1. The highest BCUT2D eigenvalue weighted by Crippen LogP contribution is 2.20. The van der Waals surface area contributed by atoms with Gasteiger partial charge in [0.15, 0.2) is 11.6 Å². The SMILES string of the molecule is CNc1ccc(OCCCN(O)SC)c(F)c1. The molecule has 0 aliphatic carbocycles. The first-order valence-electron chi connectivity index (χ1n) is 5.28. The van der Waals surface area contributed by atoms with E-state index in [0.29, 0.717) is 25.3 Å². The zero-order chi connectivity index (χ0) is 12.7. The number of halogens is 1. The Labute approximate surface area is 105 Å². The maximum atomic E-state index is 13.5. The van der Waals surface area contributed by atoms with Crippen LogP contribution in [0, 0.1) is 5.82 Å². The van der Waals surface area contributed by atoms with Crippen LogP contribution in [-0.4, -0.2) is 36.1 Å². The zero-order valence-corrected chi connectivity index (χ0v) is 10.8. The maximum Gasteiger partial charge on any atom is 0.167 e. The lowest BCUT2D eigenvalue weighted by Gasteiger charge is -2.11. The maximum absolute atomic E-state index is 13.5. The number of hydroxylamine groups is 1. The van der Waals surface area contributed by atoms with Gasteiger partial charge in [-0.1, -0.05) is 11.9 Å². The third kappa shape index (κ3) is 4.80. The fourth-order valence-corrected chi connectivity index (χ4v) is 1.56. The van der Waals surface area contributed by atoms with Crippen molar-refractivity contribution < 1.29 is 14.3 Å². The van der Waals surface area contributed by atoms with E-state index >= 15 is 0 Å². The monoisotopic (exact) mass is 260 g/mol. The van der Waals surface area contributed by atoms with E-state index in [9.17, 15) is 4.39 Å². The van der Waals surface area contributed by atoms with E-state index in [1.54, 1.807) is 25.4 Å². The predicted octanol–water partition coefficient (Wildman–Crippen LogP) is 2.61. The van der Waals surface area contributed by atoms with E-state index < -0.39 is 0 Å². The Bertz CT molecular complexity index is 352. The quantitative estimate of drug-likeness (QED) is 0.448. The van der Waals surface area contributed by atoms with Gasteiger partial charge in [0.1, 0.15) is 0 Å². The van der Waals surface area contributed by atoms with Crippen molar-refractivity contribution in [1.82, 2.24) is 4.47 Å². The van der Waals surface area contributed by atoms with Crippen LogP contribution in [0.25, 0.3) is 0 Å². The first-order chi connectivity index (χ1) is 8.17. The molecular formula is C11H17FN2O2S. The summed E-state index contributed by atoms with van der Waals surface area (Å²) in [5, 5.41) is 12.0. The molecule has 0 bridgehead atoms. The Morgan fingerprint density at radius 1 is 1.53 bits per heavy atom. The molecule has 0 atom stereocenters. The second-order valence-electron chi connectivity index (χ2n) is 3.36. The van der Waals surface area contributed by atoms with E-state index in [1.807, 2.05) is 0 Å². The predicted molar refractivity (Wildman–Crippen MR) is 68.1 cm³/mol. The van der Waals surface area contributed by atoms with Gasteiger partial charge in [-0.15, -0.1) is 4.47 Å². The van der Waals surface area contributed by atoms with E-state index in [-0.39, 0.29) is 11.6 Å². The van der Waals surface area contributed by atoms with Crippen LogP contribution in [-0.2, 0) is 0 Å². The molecule has 4 nitrogen and oxygen atoms in total. The summed E-state index contributed by atoms with van der Waals surface area (Å²) in [6, 6.07) is 4.72. The summed E-state index contributed by atoms with van der Waals surface area (Å²) in [5.74, 6) is -0.153. The van der Waals surface area contributed by atoms with Crippen LogP contribution in [0.2, 0.25) is 0 Å². The molecule has 1 aromatic rings. The molecule has 0 saturated carbocycles. The first-order valence-corrected chi connectivity index (χ1v) is 6.46. The van der Waals surface area contributed by atoms with Gasteiger partial charge in [0, 0.05) is 25.3 Å². The van der Waals surface area contributed by atoms with Crippen molar-refractivity contribution >= 4 is 17.6 Å². The van der Waals surface area contributed by atoms with Crippen molar-refractivity contribution in [2.45, 2.75) is 6.42 Å². The minimum Gasteiger partial charge on any atom is -0.490 e. The molecule has 17 heavy (non-hydrogen) atoms. The van der Waals surface area contributed by atoms with Gasteiger partial charge >= 0.3 is 0 Å². The van der Waals surface area contributed by atoms with Gasteiger partial charge in [-0.25, -0.2) is 4.39 Å². The standard InChI is InChI=1S/C11H17FN2O2S/c1-13-9-4-5-11(10(12)8-9)16-7-3-6-14(15)17-2/h4-5,8,13,15H,3,6-7H2,1-2H3. The van der Waals surface area contributed by atoms with Gasteiger partial charge in [0.2, 0.25) is 0 Å². The van der Waals surface area contributed by atoms with Crippen molar-refractivity contribution in [2.75, 3.05) is 31.8 Å². The van der Waals surface area contributed by atoms with Gasteiger partial charge in [-0.3, -0.25) is 0 Å². The van der Waals surface area contributed by atoms with Crippen LogP contribution in [0.5, 0.6) is 5.75 Å². The summed E-state index contributed by atoms with van der Waals surface area (Å²) in [5.41, 5.74) is 0.707. The molecule has 0 spiro atoms. The molecule has 6 heteroatoms. The van der Waals surface area contributed by atoms with Gasteiger partial charge in [0.25, 0.3) is 0 Å². The van der Waals surface area contributed by atoms with E-state index in [2.05, 4.69) is 5.32 Å². The molecule has 0 aliphatic rings. The number of rotatable bonds is 7. The Morgan fingerprint density at radius 3 is 2.88 bits per heavy atom. The molecule has 1 rings (SSSR count). The molecule has 0 radical (unpaired) electrons. The second-order valence-corrected chi connectivity index (χ2v) is 4.14. The minimum absolute atomic E-state index is 0.234. The molecule has 1 aromatic carbocycles. The summed E-state index contributed by atoms with van der Waals surface area (Å²) in [7, 11) is 1.73. The summed E-state index contributed by atoms with van der Waals surface area (Å²) in [6.07, 6.45) is 2.40. The Morgan fingerprint density at radius 2 is 2.29 bits per heavy atom. The smallest absolute Gasteiger partial charge is 0.167 e. The number of anilines is 1. The normalized spacial score (nSPS) is 10.6. The average molecular weight is 260 g/mol. The molecule has 0 aromatic heterocycles. The Kier molecular flexibility index (Phi) is 6.10. The van der Waals surface area contributed by atoms with Gasteiger partial charge < -0.3 is 15.3 Å². The lowest BCUT2D eigenvalue weighted by Crippen LogP contribution is -2.14. The van der Waals surface area contributed by atoms with Gasteiger partial charge in [-0.2, -0.15) is 0 Å². The lowest BCUT2D eigenvalue weighted by molar-refractivity contribution is 0.0135. The molecular weight excluding hydrogens is 243 g/mol. The van der Waals surface area contributed by atoms with Crippen molar-refractivity contribution in [3.8, 4) is 5.75 Å². The average Bonchev–Trinajstić information content (AvgIpc) is 2.35. The zero-order valence-electron chi connectivity index (χ0n) is 9.94. The van der Waals surface area contributed by atoms with Crippen LogP contribution in [0.15, 0.2) is 18.2 Å². The van der Waals surface area contributed by atoms with Crippen LogP contribution < -0.4 is 10.1 Å². The number of hydrogen-bond acceptors (Lipinski definition) is 5. The molecule has 0 amide bonds. The van der Waals surface area contributed by atoms with Crippen molar-refractivity contribution in [1.29, 1.82) is 0 Å². The highest BCUT2D eigenvalue weighted by Gasteiger charge is 2.04. The molecule has 0 fully saturated rings. The van der Waals surface area contributed by atoms with E-state index in [1.165, 1.54) is 18.0 Å². The third-order valence-corrected chi connectivity index (χ3v) is 2.79. The molecule has 96 valence electrons. The molecule has 2 N–H and O–H groups in total. The molecule has 0 aliphatic heterocycles. The Hall–Kier alpha value is -0.980. The first kappa shape index (κ1) is 14.1. The topological polar surface area (TPSA) is 44.7 Å². The van der Waals surface area contributed by atoms with Gasteiger partial charge in [0.05, 0.1) is 6.61 Å². The lowest BCUT2D eigenvalue weighted by atomic mass is 10.3. The Balaban J connectivity index is 2.36. The largest absolute Gasteiger partial charge is 0.490 e. The molecule has 0 saturated heterocycles. The summed E-state index contributed by atoms with van der Waals surface area (Å²) in [4.78, 5) is 0. The summed E-state index contributed by atoms with van der Waals surface area (Å²) < 4.78 is 19.9. The van der Waals surface area contributed by atoms with Crippen molar-refractivity contribution in [3.63, 3.8) is 0 Å². The van der Waals surface area contributed by atoms with Crippen molar-refractivity contribution in [2.24, 2.45) is 0 Å². The molecule has 0 heterocycles. The number of hydrogen-bond donors (Lipinski definition) is 2. The van der Waals surface area contributed by atoms with E-state index in [0.717, 1.165) is 4.47 Å². The van der Waals surface area contributed by atoms with Crippen LogP contribution in [0.3, 0.4) is 0 Å². The van der Waals surface area contributed by atoms with Gasteiger partial charge in [-0.05, 0) is 24.8 Å². The van der Waals surface area contributed by atoms with Crippen LogP contribution in [0.1, 0.15) is 6.42 Å². The number of benzene rings is 1. The van der Waals surface area contributed by atoms with Crippen LogP contribution >= 0.6 is 11.9 Å². The third-order valence-electron chi connectivity index (χ3n) is 2.18. The second kappa shape index (κ2) is 7.37. The minimum atomic E-state index is -0.387. The number of ether oxygens (including phenoxy) is 1. The summed E-state index contributed by atoms with van der Waals surface area (Å²) >= 11 is 1.23. The van der Waals surface area contributed by atoms with Crippen molar-refractivity contribution in [3.05, 3.63) is 24.0 Å². The fourth-order valence-electron chi connectivity index (χ4n) is 1.25. The fraction of sp³-hybridized carbons (Fsp3) is 0.455. The van der Waals surface area contributed by atoms with E-state index in [4.69, 9.17) is 9.94 Å². The molecule has 0 unspecified atom stereocenters. The highest BCUT2D eigenvalue weighted by atomic mass is 32.2.